The number of carboxylic acid groups (broad SMARTS) is 1. The third-order valence-corrected chi connectivity index (χ3v) is 2.13. The van der Waals surface area contributed by atoms with E-state index in [4.69, 9.17) is 10.8 Å². The van der Waals surface area contributed by atoms with Crippen molar-refractivity contribution in [2.24, 2.45) is 5.73 Å². The monoisotopic (exact) mass is 270 g/mol. The molecule has 1 heterocycles. The van der Waals surface area contributed by atoms with Gasteiger partial charge in [-0.2, -0.15) is 13.2 Å². The van der Waals surface area contributed by atoms with E-state index in [1.54, 1.807) is 0 Å². The molecule has 9 heteroatoms. The third kappa shape index (κ3) is 2.55. The van der Waals surface area contributed by atoms with Crippen molar-refractivity contribution < 1.29 is 31.9 Å². The predicted molar refractivity (Wildman–Crippen MR) is 49.0 cm³/mol. The lowest BCUT2D eigenvalue weighted by atomic mass is 10.0. The molecule has 0 bridgehead atoms. The minimum atomic E-state index is -5.11. The van der Waals surface area contributed by atoms with Crippen molar-refractivity contribution in [3.05, 3.63) is 28.6 Å². The molecule has 0 aliphatic heterocycles. The summed E-state index contributed by atoms with van der Waals surface area (Å²) >= 11 is 0. The lowest BCUT2D eigenvalue weighted by molar-refractivity contribution is -0.139. The molecular weight excluding hydrogens is 263 g/mol. The summed E-state index contributed by atoms with van der Waals surface area (Å²) in [4.78, 5) is 14.0. The van der Waals surface area contributed by atoms with E-state index in [9.17, 15) is 26.7 Å². The first-order chi connectivity index (χ1) is 8.20. The van der Waals surface area contributed by atoms with Gasteiger partial charge in [-0.15, -0.1) is 0 Å². The summed E-state index contributed by atoms with van der Waals surface area (Å²) in [6.07, 6.45) is -8.55. The van der Waals surface area contributed by atoms with Gasteiger partial charge in [0.1, 0.15) is 0 Å². The van der Waals surface area contributed by atoms with Gasteiger partial charge in [0, 0.05) is 18.3 Å². The number of aromatic carboxylic acids is 1. The maximum atomic E-state index is 12.7. The van der Waals surface area contributed by atoms with Crippen LogP contribution in [0.3, 0.4) is 0 Å². The molecule has 100 valence electrons. The summed E-state index contributed by atoms with van der Waals surface area (Å²) in [5.74, 6) is -1.93. The highest BCUT2D eigenvalue weighted by molar-refractivity contribution is 5.91. The van der Waals surface area contributed by atoms with Crippen LogP contribution >= 0.6 is 0 Å². The molecule has 1 aromatic rings. The molecule has 0 aliphatic rings. The molecule has 0 atom stereocenters. The van der Waals surface area contributed by atoms with E-state index in [0.717, 1.165) is 0 Å². The first-order valence-electron chi connectivity index (χ1n) is 4.50. The number of rotatable bonds is 3. The Morgan fingerprint density at radius 2 is 2.00 bits per heavy atom. The van der Waals surface area contributed by atoms with Gasteiger partial charge >= 0.3 is 12.1 Å². The average Bonchev–Trinajstić information content (AvgIpc) is 2.25. The molecule has 0 saturated carbocycles. The molecule has 0 aliphatic carbocycles. The molecule has 0 spiro atoms. The van der Waals surface area contributed by atoms with Crippen LogP contribution in [0.5, 0.6) is 0 Å². The number of hydrogen-bond donors (Lipinski definition) is 2. The van der Waals surface area contributed by atoms with Crippen LogP contribution in [0.1, 0.15) is 33.6 Å². The molecule has 1 aromatic heterocycles. The summed E-state index contributed by atoms with van der Waals surface area (Å²) in [5, 5.41) is 8.72. The van der Waals surface area contributed by atoms with Gasteiger partial charge in [0.05, 0.1) is 16.8 Å². The van der Waals surface area contributed by atoms with Gasteiger partial charge in [0.15, 0.2) is 0 Å². The van der Waals surface area contributed by atoms with E-state index in [1.165, 1.54) is 0 Å². The molecule has 1 rings (SSSR count). The Balaban J connectivity index is 3.68. The van der Waals surface area contributed by atoms with Crippen molar-refractivity contribution >= 4 is 5.97 Å². The fourth-order valence-electron chi connectivity index (χ4n) is 1.41. The van der Waals surface area contributed by atoms with Crippen LogP contribution in [0.2, 0.25) is 0 Å². The van der Waals surface area contributed by atoms with Crippen molar-refractivity contribution in [2.45, 2.75) is 19.1 Å². The van der Waals surface area contributed by atoms with E-state index >= 15 is 0 Å². The number of carboxylic acids is 1. The van der Waals surface area contributed by atoms with Gasteiger partial charge in [-0.05, 0) is 0 Å². The smallest absolute Gasteiger partial charge is 0.418 e. The number of carbonyl (C=O) groups is 1. The number of aromatic nitrogens is 1. The number of halogens is 5. The zero-order valence-electron chi connectivity index (χ0n) is 8.63. The second kappa shape index (κ2) is 4.84. The summed E-state index contributed by atoms with van der Waals surface area (Å²) in [5.41, 5.74) is -0.0274. The number of nitrogens with two attached hydrogens (primary N) is 1. The second-order valence-corrected chi connectivity index (χ2v) is 3.21. The number of hydrogen-bond acceptors (Lipinski definition) is 3. The van der Waals surface area contributed by atoms with Crippen LogP contribution in [-0.2, 0) is 12.7 Å². The van der Waals surface area contributed by atoms with Crippen molar-refractivity contribution in [3.63, 3.8) is 0 Å². The molecule has 3 N–H and O–H groups in total. The van der Waals surface area contributed by atoms with Crippen LogP contribution in [-0.4, -0.2) is 16.1 Å². The van der Waals surface area contributed by atoms with Crippen LogP contribution in [0.25, 0.3) is 0 Å². The number of nitrogens with zero attached hydrogens (tertiary/aromatic N) is 1. The standard InChI is InChI=1S/C9H7F5N2O2/c10-7(11)5-3(9(12,13)14)2-16-4(1-15)6(5)8(17)18/h2,7H,1,15H2,(H,17,18). The lowest BCUT2D eigenvalue weighted by Crippen LogP contribution is -2.19. The predicted octanol–water partition coefficient (Wildman–Crippen LogP) is 2.19. The zero-order valence-corrected chi connectivity index (χ0v) is 8.63. The Morgan fingerprint density at radius 1 is 1.44 bits per heavy atom. The highest BCUT2D eigenvalue weighted by Gasteiger charge is 2.39. The molecule has 0 saturated heterocycles. The minimum absolute atomic E-state index is 0.163. The fourth-order valence-corrected chi connectivity index (χ4v) is 1.41. The average molecular weight is 270 g/mol. The molecule has 0 fully saturated rings. The first kappa shape index (κ1) is 14.3. The molecule has 0 unspecified atom stereocenters. The second-order valence-electron chi connectivity index (χ2n) is 3.21. The van der Waals surface area contributed by atoms with Crippen LogP contribution in [0, 0.1) is 0 Å². The lowest BCUT2D eigenvalue weighted by Gasteiger charge is -2.16. The molecule has 18 heavy (non-hydrogen) atoms. The summed E-state index contributed by atoms with van der Waals surface area (Å²) in [7, 11) is 0. The molecular formula is C9H7F5N2O2. The maximum Gasteiger partial charge on any atom is 0.418 e. The quantitative estimate of drug-likeness (QED) is 0.825. The normalized spacial score (nSPS) is 11.9. The zero-order chi connectivity index (χ0) is 14.1. The van der Waals surface area contributed by atoms with Crippen molar-refractivity contribution in [1.82, 2.24) is 4.98 Å². The van der Waals surface area contributed by atoms with Gasteiger partial charge < -0.3 is 10.8 Å². The van der Waals surface area contributed by atoms with Gasteiger partial charge in [-0.1, -0.05) is 0 Å². The molecule has 4 nitrogen and oxygen atoms in total. The van der Waals surface area contributed by atoms with Crippen LogP contribution < -0.4 is 5.73 Å². The summed E-state index contributed by atoms with van der Waals surface area (Å²) < 4.78 is 62.8. The fraction of sp³-hybridized carbons (Fsp3) is 0.333. The van der Waals surface area contributed by atoms with E-state index in [2.05, 4.69) is 4.98 Å². The first-order valence-corrected chi connectivity index (χ1v) is 4.50. The highest BCUT2D eigenvalue weighted by Crippen LogP contribution is 2.38. The van der Waals surface area contributed by atoms with Crippen LogP contribution in [0.15, 0.2) is 6.20 Å². The molecule has 0 amide bonds. The molecule has 0 aromatic carbocycles. The Bertz CT molecular complexity index is 473. The number of pyridine rings is 1. The SMILES string of the molecule is NCc1ncc(C(F)(F)F)c(C(F)F)c1C(=O)O. The maximum absolute atomic E-state index is 12.7. The minimum Gasteiger partial charge on any atom is -0.478 e. The van der Waals surface area contributed by atoms with E-state index in [0.29, 0.717) is 0 Å². The highest BCUT2D eigenvalue weighted by atomic mass is 19.4. The van der Waals surface area contributed by atoms with Crippen molar-refractivity contribution in [2.75, 3.05) is 0 Å². The Kier molecular flexibility index (Phi) is 3.85. The van der Waals surface area contributed by atoms with Crippen molar-refractivity contribution in [1.29, 1.82) is 0 Å². The van der Waals surface area contributed by atoms with Gasteiger partial charge in [-0.25, -0.2) is 13.6 Å². The van der Waals surface area contributed by atoms with Gasteiger partial charge in [0.25, 0.3) is 6.43 Å². The molecule has 0 radical (unpaired) electrons. The van der Waals surface area contributed by atoms with E-state index in [-0.39, 0.29) is 6.20 Å². The van der Waals surface area contributed by atoms with Crippen LogP contribution in [0.4, 0.5) is 22.0 Å². The Hall–Kier alpha value is -1.77. The summed E-state index contributed by atoms with van der Waals surface area (Å²) in [6, 6.07) is 0. The number of alkyl halides is 5. The Labute approximate surface area is 97.2 Å². The van der Waals surface area contributed by atoms with Gasteiger partial charge in [0.2, 0.25) is 0 Å². The third-order valence-electron chi connectivity index (χ3n) is 2.13. The van der Waals surface area contributed by atoms with Gasteiger partial charge in [-0.3, -0.25) is 4.98 Å². The largest absolute Gasteiger partial charge is 0.478 e. The van der Waals surface area contributed by atoms with Crippen molar-refractivity contribution in [3.8, 4) is 0 Å². The Morgan fingerprint density at radius 3 is 2.33 bits per heavy atom. The van der Waals surface area contributed by atoms with E-state index < -0.39 is 47.5 Å². The van der Waals surface area contributed by atoms with E-state index in [1.807, 2.05) is 0 Å². The summed E-state index contributed by atoms with van der Waals surface area (Å²) in [6.45, 7) is -0.556. The topological polar surface area (TPSA) is 76.2 Å².